The first-order chi connectivity index (χ1) is 11.7. The van der Waals surface area contributed by atoms with Crippen molar-refractivity contribution in [3.8, 4) is 6.07 Å². The van der Waals surface area contributed by atoms with E-state index in [0.717, 1.165) is 36.7 Å². The van der Waals surface area contributed by atoms with Gasteiger partial charge in [0.2, 0.25) is 0 Å². The Labute approximate surface area is 149 Å². The van der Waals surface area contributed by atoms with Crippen molar-refractivity contribution in [1.29, 1.82) is 5.26 Å². The number of nitriles is 1. The van der Waals surface area contributed by atoms with Gasteiger partial charge in [-0.3, -0.25) is 0 Å². The highest BCUT2D eigenvalue weighted by Gasteiger charge is 2.48. The molecule has 0 heterocycles. The van der Waals surface area contributed by atoms with Crippen LogP contribution >= 0.6 is 0 Å². The minimum absolute atomic E-state index is 0.0195. The summed E-state index contributed by atoms with van der Waals surface area (Å²) in [5, 5.41) is 9.89. The first-order valence-electron chi connectivity index (χ1n) is 10.7. The van der Waals surface area contributed by atoms with E-state index in [2.05, 4.69) is 19.9 Å². The Kier molecular flexibility index (Phi) is 6.25. The second-order valence-electron chi connectivity index (χ2n) is 8.91. The number of hydrogen-bond acceptors (Lipinski definition) is 2. The van der Waals surface area contributed by atoms with Crippen LogP contribution in [0.15, 0.2) is 0 Å². The third-order valence-corrected chi connectivity index (χ3v) is 7.56. The van der Waals surface area contributed by atoms with Gasteiger partial charge in [-0.15, -0.1) is 0 Å². The van der Waals surface area contributed by atoms with Crippen molar-refractivity contribution >= 4 is 0 Å². The van der Waals surface area contributed by atoms with Crippen LogP contribution in [0.2, 0.25) is 0 Å². The van der Waals surface area contributed by atoms with E-state index < -0.39 is 0 Å². The monoisotopic (exact) mass is 331 g/mol. The Morgan fingerprint density at radius 3 is 2.54 bits per heavy atom. The zero-order valence-corrected chi connectivity index (χ0v) is 15.9. The molecule has 0 amide bonds. The fraction of sp³-hybridized carbons (Fsp3) is 0.955. The standard InChI is InChI=1S/C22H37NO/c1-3-5-6-12-22(16-23)13-11-21-18(15-22)8-7-17-14-19(24-4-2)9-10-20(17)21/h17-21H,3-15H2,1-2H3/t17?,18?,19-,20?,21?,22+/m0/s1. The maximum Gasteiger partial charge on any atom is 0.0689 e. The van der Waals surface area contributed by atoms with Gasteiger partial charge in [0.25, 0.3) is 0 Å². The van der Waals surface area contributed by atoms with E-state index in [1.165, 1.54) is 70.6 Å². The van der Waals surface area contributed by atoms with Crippen molar-refractivity contribution in [2.75, 3.05) is 6.61 Å². The van der Waals surface area contributed by atoms with Gasteiger partial charge in [-0.1, -0.05) is 26.2 Å². The van der Waals surface area contributed by atoms with Crippen LogP contribution in [0.25, 0.3) is 0 Å². The van der Waals surface area contributed by atoms with Crippen LogP contribution in [0.4, 0.5) is 0 Å². The minimum Gasteiger partial charge on any atom is -0.378 e. The molecular weight excluding hydrogens is 294 g/mol. The average molecular weight is 332 g/mol. The number of nitrogens with zero attached hydrogens (tertiary/aromatic N) is 1. The fourth-order valence-corrected chi connectivity index (χ4v) is 6.37. The second kappa shape index (κ2) is 8.22. The van der Waals surface area contributed by atoms with Gasteiger partial charge in [0.15, 0.2) is 0 Å². The summed E-state index contributed by atoms with van der Waals surface area (Å²) in [4.78, 5) is 0. The van der Waals surface area contributed by atoms with Crippen LogP contribution in [-0.2, 0) is 4.74 Å². The second-order valence-corrected chi connectivity index (χ2v) is 8.91. The van der Waals surface area contributed by atoms with Crippen molar-refractivity contribution in [2.24, 2.45) is 29.1 Å². The average Bonchev–Trinajstić information content (AvgIpc) is 2.61. The van der Waals surface area contributed by atoms with Crippen molar-refractivity contribution in [3.05, 3.63) is 0 Å². The van der Waals surface area contributed by atoms with Gasteiger partial charge in [0, 0.05) is 6.61 Å². The molecule has 0 spiro atoms. The number of fused-ring (bicyclic) bond motifs is 3. The van der Waals surface area contributed by atoms with E-state index in [-0.39, 0.29) is 5.41 Å². The molecule has 4 unspecified atom stereocenters. The molecule has 0 N–H and O–H groups in total. The Morgan fingerprint density at radius 1 is 1.00 bits per heavy atom. The van der Waals surface area contributed by atoms with Gasteiger partial charge in [-0.2, -0.15) is 5.26 Å². The number of hydrogen-bond donors (Lipinski definition) is 0. The zero-order valence-electron chi connectivity index (χ0n) is 15.9. The minimum atomic E-state index is 0.0195. The Morgan fingerprint density at radius 2 is 1.79 bits per heavy atom. The van der Waals surface area contributed by atoms with Crippen LogP contribution < -0.4 is 0 Å². The lowest BCUT2D eigenvalue weighted by Crippen LogP contribution is -2.45. The molecule has 6 atom stereocenters. The zero-order chi connectivity index (χ0) is 17.0. The Bertz CT molecular complexity index is 442. The van der Waals surface area contributed by atoms with Gasteiger partial charge in [0.1, 0.15) is 0 Å². The predicted octanol–water partition coefficient (Wildman–Crippen LogP) is 6.11. The molecule has 0 aromatic heterocycles. The maximum absolute atomic E-state index is 9.89. The van der Waals surface area contributed by atoms with Crippen molar-refractivity contribution in [1.82, 2.24) is 0 Å². The highest BCUT2D eigenvalue weighted by Crippen LogP contribution is 2.56. The first kappa shape index (κ1) is 18.2. The van der Waals surface area contributed by atoms with Crippen molar-refractivity contribution in [3.63, 3.8) is 0 Å². The smallest absolute Gasteiger partial charge is 0.0689 e. The number of rotatable bonds is 6. The van der Waals surface area contributed by atoms with Crippen molar-refractivity contribution in [2.45, 2.75) is 97.0 Å². The molecule has 24 heavy (non-hydrogen) atoms. The molecule has 3 rings (SSSR count). The molecule has 0 radical (unpaired) electrons. The van der Waals surface area contributed by atoms with E-state index in [9.17, 15) is 5.26 Å². The van der Waals surface area contributed by atoms with Gasteiger partial charge in [-0.25, -0.2) is 0 Å². The molecule has 3 aliphatic carbocycles. The first-order valence-corrected chi connectivity index (χ1v) is 10.7. The normalized spacial score (nSPS) is 42.0. The molecule has 0 aromatic rings. The highest BCUT2D eigenvalue weighted by molar-refractivity contribution is 5.06. The topological polar surface area (TPSA) is 33.0 Å². The van der Waals surface area contributed by atoms with Crippen LogP contribution in [0, 0.1) is 40.4 Å². The van der Waals surface area contributed by atoms with Crippen molar-refractivity contribution < 1.29 is 4.74 Å². The molecule has 3 aliphatic rings. The number of ether oxygens (including phenoxy) is 1. The Balaban J connectivity index is 1.60. The molecule has 3 fully saturated rings. The SMILES string of the molecule is CCCCC[C@@]1(C#N)CCC2C(CCC3C[C@@H](OCC)CCC32)C1. The van der Waals surface area contributed by atoms with E-state index in [1.54, 1.807) is 0 Å². The van der Waals surface area contributed by atoms with Crippen LogP contribution in [-0.4, -0.2) is 12.7 Å². The van der Waals surface area contributed by atoms with Gasteiger partial charge >= 0.3 is 0 Å². The fourth-order valence-electron chi connectivity index (χ4n) is 6.37. The molecule has 0 aromatic carbocycles. The van der Waals surface area contributed by atoms with E-state index in [1.807, 2.05) is 0 Å². The van der Waals surface area contributed by atoms with E-state index in [0.29, 0.717) is 6.10 Å². The molecule has 2 nitrogen and oxygen atoms in total. The quantitative estimate of drug-likeness (QED) is 0.550. The molecule has 0 aliphatic heterocycles. The highest BCUT2D eigenvalue weighted by atomic mass is 16.5. The van der Waals surface area contributed by atoms with Crippen LogP contribution in [0.3, 0.4) is 0 Å². The lowest BCUT2D eigenvalue weighted by atomic mass is 9.53. The summed E-state index contributed by atoms with van der Waals surface area (Å²) in [7, 11) is 0. The lowest BCUT2D eigenvalue weighted by Gasteiger charge is -2.52. The molecule has 2 heteroatoms. The third-order valence-electron chi connectivity index (χ3n) is 7.56. The predicted molar refractivity (Wildman–Crippen MR) is 98.5 cm³/mol. The summed E-state index contributed by atoms with van der Waals surface area (Å²) in [6.07, 6.45) is 15.9. The summed E-state index contributed by atoms with van der Waals surface area (Å²) < 4.78 is 5.93. The van der Waals surface area contributed by atoms with E-state index >= 15 is 0 Å². The van der Waals surface area contributed by atoms with Gasteiger partial charge in [-0.05, 0) is 88.4 Å². The van der Waals surface area contributed by atoms with Crippen LogP contribution in [0.5, 0.6) is 0 Å². The van der Waals surface area contributed by atoms with E-state index in [4.69, 9.17) is 4.74 Å². The summed E-state index contributed by atoms with van der Waals surface area (Å²) in [6.45, 7) is 5.26. The molecule has 0 bridgehead atoms. The molecule has 0 saturated heterocycles. The number of unbranched alkanes of at least 4 members (excludes halogenated alkanes) is 2. The maximum atomic E-state index is 9.89. The lowest BCUT2D eigenvalue weighted by molar-refractivity contribution is -0.0565. The Hall–Kier alpha value is -0.550. The van der Waals surface area contributed by atoms with Crippen LogP contribution in [0.1, 0.15) is 90.9 Å². The summed E-state index contributed by atoms with van der Waals surface area (Å²) in [5.74, 6) is 3.60. The molecule has 3 saturated carbocycles. The summed E-state index contributed by atoms with van der Waals surface area (Å²) in [5.41, 5.74) is 0.0195. The van der Waals surface area contributed by atoms with Gasteiger partial charge < -0.3 is 4.74 Å². The largest absolute Gasteiger partial charge is 0.378 e. The summed E-state index contributed by atoms with van der Waals surface area (Å²) in [6, 6.07) is 2.79. The molecular formula is C22H37NO. The van der Waals surface area contributed by atoms with Gasteiger partial charge in [0.05, 0.1) is 17.6 Å². The summed E-state index contributed by atoms with van der Waals surface area (Å²) >= 11 is 0. The molecule has 136 valence electrons. The third kappa shape index (κ3) is 3.82.